The number of esters is 1. The van der Waals surface area contributed by atoms with Gasteiger partial charge in [0, 0.05) is 17.5 Å². The van der Waals surface area contributed by atoms with Crippen molar-refractivity contribution in [1.82, 2.24) is 10.3 Å². The van der Waals surface area contributed by atoms with Crippen molar-refractivity contribution in [2.45, 2.75) is 44.1 Å². The van der Waals surface area contributed by atoms with Gasteiger partial charge in [-0.15, -0.1) is 11.3 Å². The number of oxime groups is 1. The first-order valence-electron chi connectivity index (χ1n) is 8.11. The van der Waals surface area contributed by atoms with Crippen LogP contribution in [0.2, 0.25) is 4.47 Å². The van der Waals surface area contributed by atoms with E-state index in [-0.39, 0.29) is 6.42 Å². The summed E-state index contributed by atoms with van der Waals surface area (Å²) in [6.07, 6.45) is 1.37. The van der Waals surface area contributed by atoms with Crippen molar-refractivity contribution in [2.24, 2.45) is 5.16 Å². The fourth-order valence-corrected chi connectivity index (χ4v) is 4.32. The van der Waals surface area contributed by atoms with Crippen LogP contribution in [0, 0.1) is 0 Å². The number of nitrogens with one attached hydrogen (secondary N) is 1. The number of rotatable bonds is 6. The Balaban J connectivity index is 1.89. The van der Waals surface area contributed by atoms with Crippen molar-refractivity contribution in [1.29, 1.82) is 0 Å². The van der Waals surface area contributed by atoms with Gasteiger partial charge < -0.3 is 14.9 Å². The molecule has 26 heavy (non-hydrogen) atoms. The van der Waals surface area contributed by atoms with E-state index in [1.54, 1.807) is 6.20 Å². The molecule has 1 aromatic rings. The zero-order chi connectivity index (χ0) is 18.7. The summed E-state index contributed by atoms with van der Waals surface area (Å²) in [7, 11) is 1.47. The number of hydrogen-bond acceptors (Lipinski definition) is 7. The average Bonchev–Trinajstić information content (AvgIpc) is 3.11. The van der Waals surface area contributed by atoms with Crippen LogP contribution < -0.4 is 5.32 Å². The van der Waals surface area contributed by atoms with Crippen LogP contribution in [0.25, 0.3) is 0 Å². The molecule has 0 unspecified atom stereocenters. The van der Waals surface area contributed by atoms with Crippen molar-refractivity contribution in [3.63, 3.8) is 0 Å². The molecule has 10 heteroatoms. The molecule has 1 aliphatic heterocycles. The summed E-state index contributed by atoms with van der Waals surface area (Å²) in [4.78, 5) is 22.0. The summed E-state index contributed by atoms with van der Waals surface area (Å²) in [5, 5.41) is 6.70. The van der Waals surface area contributed by atoms with Gasteiger partial charge in [-0.1, -0.05) is 16.8 Å². The molecule has 1 spiro atoms. The van der Waals surface area contributed by atoms with Crippen molar-refractivity contribution in [3.8, 4) is 0 Å². The Morgan fingerprint density at radius 1 is 1.50 bits per heavy atom. The first-order valence-corrected chi connectivity index (χ1v) is 9.31. The van der Waals surface area contributed by atoms with Gasteiger partial charge in [0.25, 0.3) is 6.43 Å². The number of ether oxygens (including phenoxy) is 1. The van der Waals surface area contributed by atoms with Crippen molar-refractivity contribution >= 4 is 34.6 Å². The predicted octanol–water partition coefficient (Wildman–Crippen LogP) is 3.32. The van der Waals surface area contributed by atoms with E-state index in [1.165, 1.54) is 18.4 Å². The minimum Gasteiger partial charge on any atom is -0.449 e. The third-order valence-corrected chi connectivity index (χ3v) is 5.57. The van der Waals surface area contributed by atoms with Crippen LogP contribution in [-0.2, 0) is 20.8 Å². The SMILES string of the molecule is CON=C1CCC2(CC1)OC(=O)C(Cc1cnc(Cl)s1)=C2NCC(F)F. The molecule has 0 aromatic carbocycles. The lowest BCUT2D eigenvalue weighted by atomic mass is 9.80. The molecule has 142 valence electrons. The van der Waals surface area contributed by atoms with E-state index in [0.29, 0.717) is 41.4 Å². The molecule has 2 aliphatic rings. The lowest BCUT2D eigenvalue weighted by Crippen LogP contribution is -2.42. The second-order valence-corrected chi connectivity index (χ2v) is 7.80. The Morgan fingerprint density at radius 3 is 2.81 bits per heavy atom. The second-order valence-electron chi connectivity index (χ2n) is 6.11. The summed E-state index contributed by atoms with van der Waals surface area (Å²) in [5.41, 5.74) is 0.759. The molecule has 1 fully saturated rings. The van der Waals surface area contributed by atoms with E-state index in [1.807, 2.05) is 0 Å². The standard InChI is InChI=1S/C16H18ClF2N3O3S/c1-24-22-9-2-4-16(5-3-9)13(20-8-12(18)19)11(14(23)25-16)6-10-7-21-15(17)26-10/h7,12,20H,2-6,8H2,1H3. The van der Waals surface area contributed by atoms with Crippen LogP contribution in [0.15, 0.2) is 22.6 Å². The number of nitrogens with zero attached hydrogens (tertiary/aromatic N) is 2. The fourth-order valence-electron chi connectivity index (χ4n) is 3.33. The van der Waals surface area contributed by atoms with Crippen LogP contribution in [0.5, 0.6) is 0 Å². The van der Waals surface area contributed by atoms with E-state index in [0.717, 1.165) is 10.6 Å². The van der Waals surface area contributed by atoms with E-state index >= 15 is 0 Å². The van der Waals surface area contributed by atoms with Gasteiger partial charge in [0.15, 0.2) is 10.1 Å². The highest BCUT2D eigenvalue weighted by Crippen LogP contribution is 2.43. The van der Waals surface area contributed by atoms with Gasteiger partial charge >= 0.3 is 5.97 Å². The lowest BCUT2D eigenvalue weighted by Gasteiger charge is -2.35. The molecule has 1 aliphatic carbocycles. The summed E-state index contributed by atoms with van der Waals surface area (Å²) in [6.45, 7) is -0.542. The molecule has 1 saturated carbocycles. The normalized spacial score (nSPS) is 23.0. The van der Waals surface area contributed by atoms with Crippen molar-refractivity contribution < 1.29 is 23.1 Å². The topological polar surface area (TPSA) is 72.8 Å². The van der Waals surface area contributed by atoms with Gasteiger partial charge in [-0.05, 0) is 25.7 Å². The largest absolute Gasteiger partial charge is 0.449 e. The highest BCUT2D eigenvalue weighted by Gasteiger charge is 2.49. The maximum Gasteiger partial charge on any atom is 0.337 e. The quantitative estimate of drug-likeness (QED) is 0.580. The first kappa shape index (κ1) is 19.0. The van der Waals surface area contributed by atoms with E-state index in [2.05, 4.69) is 15.5 Å². The molecule has 2 heterocycles. The van der Waals surface area contributed by atoms with Gasteiger partial charge in [0.05, 0.1) is 23.5 Å². The molecule has 0 saturated heterocycles. The molecule has 0 amide bonds. The van der Waals surface area contributed by atoms with Gasteiger partial charge in [0.2, 0.25) is 0 Å². The number of alkyl halides is 2. The lowest BCUT2D eigenvalue weighted by molar-refractivity contribution is -0.148. The molecular formula is C16H18ClF2N3O3S. The highest BCUT2D eigenvalue weighted by molar-refractivity contribution is 7.15. The van der Waals surface area contributed by atoms with Crippen LogP contribution in [0.3, 0.4) is 0 Å². The van der Waals surface area contributed by atoms with Crippen LogP contribution in [-0.4, -0.2) is 42.3 Å². The second kappa shape index (κ2) is 7.87. The molecule has 1 aromatic heterocycles. The van der Waals surface area contributed by atoms with Crippen molar-refractivity contribution in [3.05, 3.63) is 26.8 Å². The Hall–Kier alpha value is -1.74. The summed E-state index contributed by atoms with van der Waals surface area (Å²) in [5.74, 6) is -0.488. The Kier molecular flexibility index (Phi) is 5.76. The number of halogens is 3. The summed E-state index contributed by atoms with van der Waals surface area (Å²) >= 11 is 7.09. The Bertz CT molecular complexity index is 741. The molecular weight excluding hydrogens is 388 g/mol. The minimum absolute atomic E-state index is 0.246. The fraction of sp³-hybridized carbons (Fsp3) is 0.562. The number of carbonyl (C=O) groups excluding carboxylic acids is 1. The van der Waals surface area contributed by atoms with Gasteiger partial charge in [-0.3, -0.25) is 0 Å². The van der Waals surface area contributed by atoms with E-state index in [9.17, 15) is 13.6 Å². The van der Waals surface area contributed by atoms with Crippen LogP contribution in [0.1, 0.15) is 30.6 Å². The van der Waals surface area contributed by atoms with Gasteiger partial charge in [-0.2, -0.15) is 0 Å². The monoisotopic (exact) mass is 405 g/mol. The molecule has 0 radical (unpaired) electrons. The third kappa shape index (κ3) is 3.98. The Morgan fingerprint density at radius 2 is 2.23 bits per heavy atom. The minimum atomic E-state index is -2.54. The van der Waals surface area contributed by atoms with Crippen LogP contribution in [0.4, 0.5) is 8.78 Å². The highest BCUT2D eigenvalue weighted by atomic mass is 35.5. The van der Waals surface area contributed by atoms with Gasteiger partial charge in [-0.25, -0.2) is 18.6 Å². The average molecular weight is 406 g/mol. The first-order chi connectivity index (χ1) is 12.4. The molecule has 0 bridgehead atoms. The molecule has 1 N–H and O–H groups in total. The predicted molar refractivity (Wildman–Crippen MR) is 93.6 cm³/mol. The zero-order valence-corrected chi connectivity index (χ0v) is 15.6. The number of carbonyl (C=O) groups is 1. The Labute approximate surface area is 158 Å². The van der Waals surface area contributed by atoms with Crippen molar-refractivity contribution in [2.75, 3.05) is 13.7 Å². The van der Waals surface area contributed by atoms with E-state index in [4.69, 9.17) is 21.2 Å². The molecule has 0 atom stereocenters. The molecule has 3 rings (SSSR count). The number of hydrogen-bond donors (Lipinski definition) is 1. The number of aromatic nitrogens is 1. The van der Waals surface area contributed by atoms with Crippen LogP contribution >= 0.6 is 22.9 Å². The third-order valence-electron chi connectivity index (χ3n) is 4.46. The maximum absolute atomic E-state index is 12.8. The van der Waals surface area contributed by atoms with E-state index < -0.39 is 24.5 Å². The summed E-state index contributed by atoms with van der Waals surface area (Å²) in [6, 6.07) is 0. The number of thiazole rings is 1. The maximum atomic E-state index is 12.8. The molecule has 6 nitrogen and oxygen atoms in total. The zero-order valence-electron chi connectivity index (χ0n) is 14.1. The smallest absolute Gasteiger partial charge is 0.337 e. The summed E-state index contributed by atoms with van der Waals surface area (Å²) < 4.78 is 31.6. The van der Waals surface area contributed by atoms with Gasteiger partial charge in [0.1, 0.15) is 7.11 Å².